The summed E-state index contributed by atoms with van der Waals surface area (Å²) in [6.07, 6.45) is 0. The molecule has 4 rings (SSSR count). The number of rotatable bonds is 10. The highest BCUT2D eigenvalue weighted by Gasteiger charge is 2.19. The molecule has 10 heteroatoms. The zero-order valence-electron chi connectivity index (χ0n) is 19.6. The number of methoxy groups -OCH3 is 3. The fraction of sp³-hybridized carbons (Fsp3) is 0.240. The molecule has 0 aliphatic carbocycles. The largest absolute Gasteiger partial charge is 0.507 e. The number of ether oxygens (including phenoxy) is 3. The van der Waals surface area contributed by atoms with Gasteiger partial charge in [0.15, 0.2) is 11.0 Å². The summed E-state index contributed by atoms with van der Waals surface area (Å²) >= 11 is 1.25. The molecule has 0 saturated carbocycles. The SMILES string of the molecule is COCCn1c(SCC(=O)Nc2ccc(OC)cc2OC)nnc1-c1cc2ccccc2cc1O. The number of nitrogens with one attached hydrogen (secondary N) is 1. The van der Waals surface area contributed by atoms with Gasteiger partial charge in [0.2, 0.25) is 5.91 Å². The summed E-state index contributed by atoms with van der Waals surface area (Å²) in [6, 6.07) is 16.5. The number of hydrogen-bond donors (Lipinski definition) is 2. The first kappa shape index (κ1) is 24.4. The van der Waals surface area contributed by atoms with Crippen LogP contribution in [0.5, 0.6) is 17.2 Å². The minimum absolute atomic E-state index is 0.101. The highest BCUT2D eigenvalue weighted by Crippen LogP contribution is 2.34. The third-order valence-corrected chi connectivity index (χ3v) is 6.32. The number of aromatic nitrogens is 3. The Morgan fingerprint density at radius 2 is 1.80 bits per heavy atom. The van der Waals surface area contributed by atoms with Gasteiger partial charge in [0.1, 0.15) is 17.2 Å². The molecule has 0 spiro atoms. The minimum atomic E-state index is -0.227. The van der Waals surface area contributed by atoms with Gasteiger partial charge in [-0.25, -0.2) is 0 Å². The van der Waals surface area contributed by atoms with Gasteiger partial charge in [-0.05, 0) is 35.0 Å². The summed E-state index contributed by atoms with van der Waals surface area (Å²) in [7, 11) is 4.70. The second-order valence-electron chi connectivity index (χ2n) is 7.57. The first-order valence-corrected chi connectivity index (χ1v) is 11.8. The zero-order valence-corrected chi connectivity index (χ0v) is 20.5. The highest BCUT2D eigenvalue weighted by molar-refractivity contribution is 7.99. The number of hydrogen-bond acceptors (Lipinski definition) is 8. The van der Waals surface area contributed by atoms with E-state index in [4.69, 9.17) is 14.2 Å². The van der Waals surface area contributed by atoms with Crippen molar-refractivity contribution in [3.05, 3.63) is 54.6 Å². The zero-order chi connectivity index (χ0) is 24.8. The molecule has 1 heterocycles. The molecule has 4 aromatic rings. The summed E-state index contributed by atoms with van der Waals surface area (Å²) < 4.78 is 17.6. The Morgan fingerprint density at radius 3 is 2.51 bits per heavy atom. The summed E-state index contributed by atoms with van der Waals surface area (Å²) in [5, 5.41) is 24.6. The molecule has 0 unspecified atom stereocenters. The average Bonchev–Trinajstić information content (AvgIpc) is 3.28. The van der Waals surface area contributed by atoms with Gasteiger partial charge in [-0.3, -0.25) is 9.36 Å². The Balaban J connectivity index is 1.55. The molecule has 35 heavy (non-hydrogen) atoms. The maximum Gasteiger partial charge on any atom is 0.234 e. The van der Waals surface area contributed by atoms with Gasteiger partial charge in [0.25, 0.3) is 0 Å². The first-order valence-electron chi connectivity index (χ1n) is 10.8. The van der Waals surface area contributed by atoms with E-state index in [1.54, 1.807) is 38.5 Å². The van der Waals surface area contributed by atoms with Crippen LogP contribution in [0.2, 0.25) is 0 Å². The van der Waals surface area contributed by atoms with Gasteiger partial charge in [-0.2, -0.15) is 0 Å². The molecule has 0 atom stereocenters. The van der Waals surface area contributed by atoms with E-state index in [0.29, 0.717) is 46.9 Å². The number of nitrogens with zero attached hydrogens (tertiary/aromatic N) is 3. The fourth-order valence-corrected chi connectivity index (χ4v) is 4.37. The molecule has 0 bridgehead atoms. The Labute approximate surface area is 207 Å². The molecule has 3 aromatic carbocycles. The Bertz CT molecular complexity index is 1340. The van der Waals surface area contributed by atoms with E-state index in [0.717, 1.165) is 10.8 Å². The maximum absolute atomic E-state index is 12.7. The van der Waals surface area contributed by atoms with Crippen LogP contribution in [-0.4, -0.2) is 59.5 Å². The van der Waals surface area contributed by atoms with Crippen LogP contribution in [0.1, 0.15) is 0 Å². The van der Waals surface area contributed by atoms with Crippen LogP contribution in [0.3, 0.4) is 0 Å². The van der Waals surface area contributed by atoms with E-state index >= 15 is 0 Å². The van der Waals surface area contributed by atoms with E-state index < -0.39 is 0 Å². The summed E-state index contributed by atoms with van der Waals surface area (Å²) in [6.45, 7) is 0.879. The van der Waals surface area contributed by atoms with Crippen molar-refractivity contribution in [2.24, 2.45) is 0 Å². The highest BCUT2D eigenvalue weighted by atomic mass is 32.2. The first-order chi connectivity index (χ1) is 17.0. The molecule has 0 aliphatic rings. The van der Waals surface area contributed by atoms with E-state index in [1.165, 1.54) is 18.9 Å². The molecule has 2 N–H and O–H groups in total. The number of benzene rings is 3. The molecule has 0 radical (unpaired) electrons. The molecule has 0 fully saturated rings. The van der Waals surface area contributed by atoms with Gasteiger partial charge < -0.3 is 24.6 Å². The quantitative estimate of drug-likeness (QED) is 0.316. The lowest BCUT2D eigenvalue weighted by atomic mass is 10.1. The van der Waals surface area contributed by atoms with Gasteiger partial charge in [0, 0.05) is 13.2 Å². The van der Waals surface area contributed by atoms with Crippen molar-refractivity contribution in [3.8, 4) is 28.6 Å². The standard InChI is InChI=1S/C25H26N4O5S/c1-32-11-10-29-24(19-12-16-6-4-5-7-17(16)13-21(19)30)27-28-25(29)35-15-23(31)26-20-9-8-18(33-2)14-22(20)34-3/h4-9,12-14,30H,10-11,15H2,1-3H3,(H,26,31). The number of carbonyl (C=O) groups excluding carboxylic acids is 1. The number of fused-ring (bicyclic) bond motifs is 1. The van der Waals surface area contributed by atoms with Crippen LogP contribution in [-0.2, 0) is 16.1 Å². The smallest absolute Gasteiger partial charge is 0.234 e. The van der Waals surface area contributed by atoms with Gasteiger partial charge >= 0.3 is 0 Å². The number of anilines is 1. The predicted molar refractivity (Wildman–Crippen MR) is 135 cm³/mol. The molecule has 1 amide bonds. The third kappa shape index (κ3) is 5.50. The Morgan fingerprint density at radius 1 is 1.03 bits per heavy atom. The second-order valence-corrected chi connectivity index (χ2v) is 8.51. The van der Waals surface area contributed by atoms with Gasteiger partial charge in [0.05, 0.1) is 44.4 Å². The van der Waals surface area contributed by atoms with Crippen molar-refractivity contribution in [2.75, 3.05) is 39.0 Å². The van der Waals surface area contributed by atoms with Crippen molar-refractivity contribution in [1.29, 1.82) is 0 Å². The van der Waals surface area contributed by atoms with Gasteiger partial charge in [-0.15, -0.1) is 10.2 Å². The average molecular weight is 495 g/mol. The number of thioether (sulfide) groups is 1. The van der Waals surface area contributed by atoms with Crippen LogP contribution < -0.4 is 14.8 Å². The molecule has 1 aromatic heterocycles. The number of phenols is 1. The van der Waals surface area contributed by atoms with Crippen molar-refractivity contribution in [1.82, 2.24) is 14.8 Å². The molecule has 9 nitrogen and oxygen atoms in total. The molecular formula is C25H26N4O5S. The van der Waals surface area contributed by atoms with E-state index in [2.05, 4.69) is 15.5 Å². The Hall–Kier alpha value is -3.76. The third-order valence-electron chi connectivity index (χ3n) is 5.36. The molecule has 0 aliphatic heterocycles. The maximum atomic E-state index is 12.7. The molecular weight excluding hydrogens is 468 g/mol. The van der Waals surface area contributed by atoms with Crippen LogP contribution in [0, 0.1) is 0 Å². The summed E-state index contributed by atoms with van der Waals surface area (Å²) in [5.74, 6) is 1.62. The van der Waals surface area contributed by atoms with Gasteiger partial charge in [-0.1, -0.05) is 36.0 Å². The van der Waals surface area contributed by atoms with E-state index in [-0.39, 0.29) is 17.4 Å². The molecule has 0 saturated heterocycles. The lowest BCUT2D eigenvalue weighted by molar-refractivity contribution is -0.113. The fourth-order valence-electron chi connectivity index (χ4n) is 3.60. The lowest BCUT2D eigenvalue weighted by Gasteiger charge is -2.13. The number of amides is 1. The van der Waals surface area contributed by atoms with Crippen LogP contribution >= 0.6 is 11.8 Å². The lowest BCUT2D eigenvalue weighted by Crippen LogP contribution is -2.15. The van der Waals surface area contributed by atoms with Crippen molar-refractivity contribution >= 4 is 34.1 Å². The van der Waals surface area contributed by atoms with Crippen LogP contribution in [0.15, 0.2) is 59.8 Å². The molecule has 182 valence electrons. The second kappa shape index (κ2) is 11.1. The normalized spacial score (nSPS) is 10.9. The number of aromatic hydroxyl groups is 1. The monoisotopic (exact) mass is 494 g/mol. The van der Waals surface area contributed by atoms with Crippen molar-refractivity contribution in [2.45, 2.75) is 11.7 Å². The van der Waals surface area contributed by atoms with Crippen molar-refractivity contribution < 1.29 is 24.1 Å². The minimum Gasteiger partial charge on any atom is -0.507 e. The van der Waals surface area contributed by atoms with E-state index in [1.807, 2.05) is 34.9 Å². The Kier molecular flexibility index (Phi) is 7.74. The summed E-state index contributed by atoms with van der Waals surface area (Å²) in [5.41, 5.74) is 1.10. The number of carbonyl (C=O) groups is 1. The predicted octanol–water partition coefficient (Wildman–Crippen LogP) is 4.20. The van der Waals surface area contributed by atoms with Crippen molar-refractivity contribution in [3.63, 3.8) is 0 Å². The van der Waals surface area contributed by atoms with Crippen LogP contribution in [0.4, 0.5) is 5.69 Å². The summed E-state index contributed by atoms with van der Waals surface area (Å²) in [4.78, 5) is 12.7. The van der Waals surface area contributed by atoms with E-state index in [9.17, 15) is 9.90 Å². The topological polar surface area (TPSA) is 108 Å². The van der Waals surface area contributed by atoms with Crippen LogP contribution in [0.25, 0.3) is 22.2 Å². The number of phenolic OH excluding ortho intramolecular Hbond substituents is 1.